The molecule has 1 aromatic heterocycles. The van der Waals surface area contributed by atoms with Gasteiger partial charge in [-0.2, -0.15) is 0 Å². The van der Waals surface area contributed by atoms with E-state index in [0.717, 1.165) is 11.1 Å². The molecule has 4 nitrogen and oxygen atoms in total. The first-order valence-corrected chi connectivity index (χ1v) is 12.3. The number of nitrogens with zero attached hydrogens (tertiary/aromatic N) is 1. The summed E-state index contributed by atoms with van der Waals surface area (Å²) in [6.07, 6.45) is 0.644. The van der Waals surface area contributed by atoms with Gasteiger partial charge < -0.3 is 14.7 Å². The predicted molar refractivity (Wildman–Crippen MR) is 134 cm³/mol. The summed E-state index contributed by atoms with van der Waals surface area (Å²) >= 11 is 1.81. The van der Waals surface area contributed by atoms with Gasteiger partial charge in [-0.05, 0) is 62.9 Å². The monoisotopic (exact) mass is 463 g/mol. The minimum atomic E-state index is -0.960. The lowest BCUT2D eigenvalue weighted by Gasteiger charge is -2.45. The first-order valence-electron chi connectivity index (χ1n) is 11.5. The zero-order valence-electron chi connectivity index (χ0n) is 20.1. The summed E-state index contributed by atoms with van der Waals surface area (Å²) in [5.74, 6) is 0. The van der Waals surface area contributed by atoms with Crippen molar-refractivity contribution in [1.82, 2.24) is 4.90 Å². The summed E-state index contributed by atoms with van der Waals surface area (Å²) in [5, 5.41) is 10.6. The van der Waals surface area contributed by atoms with E-state index in [1.807, 2.05) is 48.6 Å². The number of aryl methyl sites for hydroxylation is 2. The number of rotatable bonds is 6. The van der Waals surface area contributed by atoms with Gasteiger partial charge in [-0.15, -0.1) is 11.3 Å². The molecule has 33 heavy (non-hydrogen) atoms. The van der Waals surface area contributed by atoms with E-state index in [1.165, 1.54) is 20.9 Å². The molecular formula is C28H33NO3S. The van der Waals surface area contributed by atoms with Crippen LogP contribution in [0.4, 0.5) is 4.79 Å². The third-order valence-electron chi connectivity index (χ3n) is 6.46. The zero-order chi connectivity index (χ0) is 23.8. The third kappa shape index (κ3) is 4.99. The second-order valence-electron chi connectivity index (χ2n) is 9.83. The van der Waals surface area contributed by atoms with E-state index in [1.54, 1.807) is 18.7 Å². The zero-order valence-corrected chi connectivity index (χ0v) is 20.9. The number of carbonyl (C=O) groups is 1. The van der Waals surface area contributed by atoms with Crippen LogP contribution in [0.1, 0.15) is 61.2 Å². The number of thiophene rings is 1. The molecule has 4 rings (SSSR count). The van der Waals surface area contributed by atoms with Crippen LogP contribution in [0, 0.1) is 13.8 Å². The highest BCUT2D eigenvalue weighted by Gasteiger charge is 2.46. The van der Waals surface area contributed by atoms with Crippen molar-refractivity contribution in [2.75, 3.05) is 6.54 Å². The van der Waals surface area contributed by atoms with Crippen LogP contribution in [-0.4, -0.2) is 28.2 Å². The summed E-state index contributed by atoms with van der Waals surface area (Å²) in [5.41, 5.74) is 2.72. The molecule has 0 bridgehead atoms. The molecule has 3 aromatic rings. The molecule has 2 heterocycles. The largest absolute Gasteiger partial charge is 0.438 e. The van der Waals surface area contributed by atoms with Crippen molar-refractivity contribution in [2.45, 2.75) is 64.7 Å². The molecule has 1 amide bonds. The average Bonchev–Trinajstić information content (AvgIpc) is 3.11. The van der Waals surface area contributed by atoms with Crippen LogP contribution < -0.4 is 0 Å². The van der Waals surface area contributed by atoms with Gasteiger partial charge in [0.15, 0.2) is 0 Å². The van der Waals surface area contributed by atoms with Crippen molar-refractivity contribution in [3.05, 3.63) is 82.2 Å². The normalized spacial score (nSPS) is 19.9. The van der Waals surface area contributed by atoms with Gasteiger partial charge in [0.25, 0.3) is 0 Å². The fourth-order valence-electron chi connectivity index (χ4n) is 4.91. The van der Waals surface area contributed by atoms with Gasteiger partial charge in [-0.3, -0.25) is 0 Å². The van der Waals surface area contributed by atoms with Crippen molar-refractivity contribution in [3.8, 4) is 10.4 Å². The van der Waals surface area contributed by atoms with E-state index in [-0.39, 0.29) is 12.1 Å². The lowest BCUT2D eigenvalue weighted by molar-refractivity contribution is -0.101. The van der Waals surface area contributed by atoms with Crippen LogP contribution in [0.15, 0.2) is 60.7 Å². The molecule has 1 aliphatic rings. The molecule has 2 atom stereocenters. The summed E-state index contributed by atoms with van der Waals surface area (Å²) < 4.78 is 6.13. The molecule has 0 radical (unpaired) electrons. The number of cyclic esters (lactones) is 1. The number of ether oxygens (including phenoxy) is 1. The molecule has 174 valence electrons. The minimum absolute atomic E-state index is 0.103. The van der Waals surface area contributed by atoms with Crippen LogP contribution >= 0.6 is 11.3 Å². The second kappa shape index (κ2) is 8.96. The maximum absolute atomic E-state index is 13.2. The fraction of sp³-hybridized carbons (Fsp3) is 0.393. The van der Waals surface area contributed by atoms with E-state index in [2.05, 4.69) is 44.2 Å². The molecule has 0 saturated carbocycles. The van der Waals surface area contributed by atoms with Gasteiger partial charge in [0, 0.05) is 29.1 Å². The van der Waals surface area contributed by atoms with Crippen molar-refractivity contribution in [2.24, 2.45) is 0 Å². The SMILES string of the molecule is Cc1cc(C)c(-c2ccc([C@H](C)N3CC[C@](CC(C)(C)O)(c4ccccc4)OC3=O)cc2)s1. The number of aliphatic hydroxyl groups is 1. The van der Waals surface area contributed by atoms with Gasteiger partial charge in [0.2, 0.25) is 0 Å². The van der Waals surface area contributed by atoms with Crippen LogP contribution in [0.5, 0.6) is 0 Å². The quantitative estimate of drug-likeness (QED) is 0.428. The average molecular weight is 464 g/mol. The summed E-state index contributed by atoms with van der Waals surface area (Å²) in [4.78, 5) is 17.6. The van der Waals surface area contributed by atoms with E-state index >= 15 is 0 Å². The number of amides is 1. The summed E-state index contributed by atoms with van der Waals surface area (Å²) in [6.45, 7) is 10.4. The van der Waals surface area contributed by atoms with Crippen molar-refractivity contribution >= 4 is 17.4 Å². The summed E-state index contributed by atoms with van der Waals surface area (Å²) in [7, 11) is 0. The van der Waals surface area contributed by atoms with E-state index in [4.69, 9.17) is 4.74 Å². The van der Waals surface area contributed by atoms with Gasteiger partial charge >= 0.3 is 6.09 Å². The molecule has 1 fully saturated rings. The Kier molecular flexibility index (Phi) is 6.39. The molecule has 1 N–H and O–H groups in total. The van der Waals surface area contributed by atoms with Crippen LogP contribution in [0.2, 0.25) is 0 Å². The Morgan fingerprint density at radius 3 is 2.33 bits per heavy atom. The van der Waals surface area contributed by atoms with E-state index in [9.17, 15) is 9.90 Å². The molecule has 1 aliphatic heterocycles. The molecule has 2 aromatic carbocycles. The van der Waals surface area contributed by atoms with Crippen molar-refractivity contribution in [1.29, 1.82) is 0 Å². The number of benzene rings is 2. The first kappa shape index (κ1) is 23.5. The maximum atomic E-state index is 13.2. The number of hydrogen-bond acceptors (Lipinski definition) is 4. The maximum Gasteiger partial charge on any atom is 0.411 e. The Hall–Kier alpha value is -2.63. The van der Waals surface area contributed by atoms with Crippen LogP contribution in [-0.2, 0) is 10.3 Å². The first-order chi connectivity index (χ1) is 15.6. The molecule has 0 unspecified atom stereocenters. The molecular weight excluding hydrogens is 430 g/mol. The standard InChI is InChI=1S/C28H33NO3S/c1-19-17-20(2)33-25(19)23-13-11-22(12-14-23)21(3)29-16-15-28(32-26(29)30,18-27(4,5)31)24-9-7-6-8-10-24/h6-14,17,21,31H,15-16,18H2,1-5H3/t21-,28-/m0/s1. The molecule has 0 spiro atoms. The Morgan fingerprint density at radius 1 is 1.12 bits per heavy atom. The highest BCUT2D eigenvalue weighted by molar-refractivity contribution is 7.15. The molecule has 1 saturated heterocycles. The van der Waals surface area contributed by atoms with Crippen molar-refractivity contribution < 1.29 is 14.6 Å². The van der Waals surface area contributed by atoms with Gasteiger partial charge in [-0.25, -0.2) is 4.79 Å². The predicted octanol–water partition coefficient (Wildman–Crippen LogP) is 6.99. The highest BCUT2D eigenvalue weighted by Crippen LogP contribution is 2.42. The van der Waals surface area contributed by atoms with Gasteiger partial charge in [-0.1, -0.05) is 54.6 Å². The number of hydrogen-bond donors (Lipinski definition) is 1. The fourth-order valence-corrected chi connectivity index (χ4v) is 5.94. The third-order valence-corrected chi connectivity index (χ3v) is 7.66. The highest BCUT2D eigenvalue weighted by atomic mass is 32.1. The van der Waals surface area contributed by atoms with Gasteiger partial charge in [0.1, 0.15) is 5.60 Å². The summed E-state index contributed by atoms with van der Waals surface area (Å²) in [6, 6.07) is 20.4. The van der Waals surface area contributed by atoms with Crippen LogP contribution in [0.25, 0.3) is 10.4 Å². The topological polar surface area (TPSA) is 49.8 Å². The van der Waals surface area contributed by atoms with E-state index in [0.29, 0.717) is 19.4 Å². The Balaban J connectivity index is 1.54. The Morgan fingerprint density at radius 2 is 1.79 bits per heavy atom. The van der Waals surface area contributed by atoms with Crippen molar-refractivity contribution in [3.63, 3.8) is 0 Å². The number of carbonyl (C=O) groups excluding carboxylic acids is 1. The minimum Gasteiger partial charge on any atom is -0.438 e. The lowest BCUT2D eigenvalue weighted by atomic mass is 9.80. The Bertz CT molecular complexity index is 1110. The smallest absolute Gasteiger partial charge is 0.411 e. The lowest BCUT2D eigenvalue weighted by Crippen LogP contribution is -2.51. The van der Waals surface area contributed by atoms with Crippen LogP contribution in [0.3, 0.4) is 0 Å². The molecule has 0 aliphatic carbocycles. The van der Waals surface area contributed by atoms with Gasteiger partial charge in [0.05, 0.1) is 11.6 Å². The van der Waals surface area contributed by atoms with E-state index < -0.39 is 11.2 Å². The second-order valence-corrected chi connectivity index (χ2v) is 11.1. The molecule has 5 heteroatoms. The Labute approximate surface area is 200 Å².